The quantitative estimate of drug-likeness (QED) is 0.470. The van der Waals surface area contributed by atoms with Crippen molar-refractivity contribution in [2.75, 3.05) is 19.5 Å². The summed E-state index contributed by atoms with van der Waals surface area (Å²) in [6.07, 6.45) is 0. The summed E-state index contributed by atoms with van der Waals surface area (Å²) >= 11 is 5.50. The second-order valence-corrected chi connectivity index (χ2v) is 6.06. The minimum Gasteiger partial charge on any atom is -0.258 e. The zero-order valence-electron chi connectivity index (χ0n) is 9.96. The molecule has 8 heteroatoms. The number of nitrogens with zero attached hydrogens (tertiary/aromatic N) is 2. The summed E-state index contributed by atoms with van der Waals surface area (Å²) in [4.78, 5) is 10.1. The molecule has 18 heavy (non-hydrogen) atoms. The van der Waals surface area contributed by atoms with Crippen LogP contribution in [0.25, 0.3) is 0 Å². The van der Waals surface area contributed by atoms with Crippen LogP contribution in [0.15, 0.2) is 23.1 Å². The van der Waals surface area contributed by atoms with Crippen molar-refractivity contribution in [2.24, 2.45) is 0 Å². The van der Waals surface area contributed by atoms with Crippen LogP contribution in [0, 0.1) is 17.0 Å². The highest BCUT2D eigenvalue weighted by Crippen LogP contribution is 2.26. The van der Waals surface area contributed by atoms with E-state index in [0.29, 0.717) is 0 Å². The van der Waals surface area contributed by atoms with Crippen LogP contribution < -0.4 is 0 Å². The second-order valence-electron chi connectivity index (χ2n) is 3.67. The van der Waals surface area contributed by atoms with Gasteiger partial charge >= 0.3 is 0 Å². The van der Waals surface area contributed by atoms with Crippen LogP contribution in [-0.4, -0.2) is 37.1 Å². The van der Waals surface area contributed by atoms with Gasteiger partial charge in [0.15, 0.2) is 0 Å². The van der Waals surface area contributed by atoms with E-state index in [-0.39, 0.29) is 28.6 Å². The fraction of sp³-hybridized carbons (Fsp3) is 0.400. The monoisotopic (exact) mass is 292 g/mol. The van der Waals surface area contributed by atoms with E-state index in [0.717, 1.165) is 4.31 Å². The number of sulfonamides is 1. The Morgan fingerprint density at radius 1 is 1.44 bits per heavy atom. The highest BCUT2D eigenvalue weighted by atomic mass is 35.5. The van der Waals surface area contributed by atoms with Crippen LogP contribution in [0.1, 0.15) is 5.56 Å². The maximum Gasteiger partial charge on any atom is 0.273 e. The first-order chi connectivity index (χ1) is 8.32. The first kappa shape index (κ1) is 14.9. The van der Waals surface area contributed by atoms with Gasteiger partial charge in [-0.25, -0.2) is 8.42 Å². The molecule has 0 amide bonds. The van der Waals surface area contributed by atoms with Crippen molar-refractivity contribution in [2.45, 2.75) is 11.8 Å². The Labute approximate surface area is 110 Å². The number of rotatable bonds is 5. The predicted molar refractivity (Wildman–Crippen MR) is 68.4 cm³/mol. The summed E-state index contributed by atoms with van der Waals surface area (Å²) in [5, 5.41) is 10.8. The van der Waals surface area contributed by atoms with Gasteiger partial charge in [-0.2, -0.15) is 4.31 Å². The topological polar surface area (TPSA) is 80.5 Å². The predicted octanol–water partition coefficient (Wildman–Crippen LogP) is 1.76. The van der Waals surface area contributed by atoms with Crippen molar-refractivity contribution in [3.63, 3.8) is 0 Å². The van der Waals surface area contributed by atoms with Crippen LogP contribution in [0.2, 0.25) is 0 Å². The lowest BCUT2D eigenvalue weighted by Crippen LogP contribution is -2.29. The minimum atomic E-state index is -3.74. The first-order valence-electron chi connectivity index (χ1n) is 5.08. The van der Waals surface area contributed by atoms with Gasteiger partial charge in [0.2, 0.25) is 10.0 Å². The number of halogens is 1. The third-order valence-electron chi connectivity index (χ3n) is 2.54. The molecule has 1 rings (SSSR count). The third kappa shape index (κ3) is 2.80. The summed E-state index contributed by atoms with van der Waals surface area (Å²) in [5.41, 5.74) is -0.0840. The van der Waals surface area contributed by atoms with E-state index >= 15 is 0 Å². The fourth-order valence-electron chi connectivity index (χ4n) is 1.49. The molecule has 100 valence electrons. The Morgan fingerprint density at radius 3 is 2.56 bits per heavy atom. The maximum absolute atomic E-state index is 12.2. The summed E-state index contributed by atoms with van der Waals surface area (Å²) < 4.78 is 25.4. The first-order valence-corrected chi connectivity index (χ1v) is 7.06. The van der Waals surface area contributed by atoms with E-state index in [2.05, 4.69) is 0 Å². The molecule has 0 N–H and O–H groups in total. The van der Waals surface area contributed by atoms with E-state index in [1.807, 2.05) is 0 Å². The molecule has 1 aromatic rings. The van der Waals surface area contributed by atoms with Gasteiger partial charge < -0.3 is 0 Å². The largest absolute Gasteiger partial charge is 0.273 e. The van der Waals surface area contributed by atoms with Gasteiger partial charge in [-0.3, -0.25) is 10.1 Å². The molecule has 0 fully saturated rings. The van der Waals surface area contributed by atoms with Crippen molar-refractivity contribution < 1.29 is 13.3 Å². The number of hydrogen-bond acceptors (Lipinski definition) is 4. The second kappa shape index (κ2) is 5.64. The van der Waals surface area contributed by atoms with Gasteiger partial charge in [0.05, 0.1) is 9.82 Å². The van der Waals surface area contributed by atoms with Gasteiger partial charge in [-0.1, -0.05) is 6.07 Å². The molecule has 0 atom stereocenters. The summed E-state index contributed by atoms with van der Waals surface area (Å²) in [5.74, 6) is 0.156. The number of alkyl halides is 1. The summed E-state index contributed by atoms with van der Waals surface area (Å²) in [7, 11) is -2.36. The molecular weight excluding hydrogens is 280 g/mol. The number of benzene rings is 1. The SMILES string of the molecule is Cc1c([N+](=O)[O-])cccc1S(=O)(=O)N(C)CCCl. The van der Waals surface area contributed by atoms with E-state index in [4.69, 9.17) is 11.6 Å². The van der Waals surface area contributed by atoms with E-state index in [1.54, 1.807) is 0 Å². The van der Waals surface area contributed by atoms with Crippen molar-refractivity contribution in [3.05, 3.63) is 33.9 Å². The number of nitro benzene ring substituents is 1. The zero-order valence-corrected chi connectivity index (χ0v) is 11.5. The average Bonchev–Trinajstić information content (AvgIpc) is 2.28. The van der Waals surface area contributed by atoms with E-state index < -0.39 is 14.9 Å². The molecule has 0 saturated heterocycles. The lowest BCUT2D eigenvalue weighted by molar-refractivity contribution is -0.385. The highest BCUT2D eigenvalue weighted by molar-refractivity contribution is 7.89. The molecule has 0 aliphatic carbocycles. The summed E-state index contributed by atoms with van der Waals surface area (Å²) in [6, 6.07) is 3.98. The molecule has 0 bridgehead atoms. The van der Waals surface area contributed by atoms with Crippen LogP contribution in [0.4, 0.5) is 5.69 Å². The highest BCUT2D eigenvalue weighted by Gasteiger charge is 2.26. The average molecular weight is 293 g/mol. The molecule has 6 nitrogen and oxygen atoms in total. The van der Waals surface area contributed by atoms with Crippen molar-refractivity contribution in [3.8, 4) is 0 Å². The van der Waals surface area contributed by atoms with Crippen LogP contribution in [0.5, 0.6) is 0 Å². The molecule has 0 radical (unpaired) electrons. The van der Waals surface area contributed by atoms with Crippen molar-refractivity contribution >= 4 is 27.3 Å². The van der Waals surface area contributed by atoms with Crippen molar-refractivity contribution in [1.29, 1.82) is 0 Å². The molecule has 0 saturated carbocycles. The van der Waals surface area contributed by atoms with Gasteiger partial charge in [-0.15, -0.1) is 11.6 Å². The molecule has 0 spiro atoms. The number of nitro groups is 1. The lowest BCUT2D eigenvalue weighted by Gasteiger charge is -2.17. The van der Waals surface area contributed by atoms with Crippen LogP contribution in [-0.2, 0) is 10.0 Å². The van der Waals surface area contributed by atoms with E-state index in [1.165, 1.54) is 32.2 Å². The van der Waals surface area contributed by atoms with Gasteiger partial charge in [0.1, 0.15) is 0 Å². The van der Waals surface area contributed by atoms with Crippen molar-refractivity contribution in [1.82, 2.24) is 4.31 Å². The van der Waals surface area contributed by atoms with Crippen LogP contribution >= 0.6 is 11.6 Å². The van der Waals surface area contributed by atoms with Gasteiger partial charge in [-0.05, 0) is 13.0 Å². The molecule has 0 aliphatic rings. The molecule has 0 aromatic heterocycles. The summed E-state index contributed by atoms with van der Waals surface area (Å²) in [6.45, 7) is 1.56. The Morgan fingerprint density at radius 2 is 2.06 bits per heavy atom. The number of hydrogen-bond donors (Lipinski definition) is 0. The molecular formula is C10H13ClN2O4S. The molecule has 1 aromatic carbocycles. The third-order valence-corrected chi connectivity index (χ3v) is 4.71. The lowest BCUT2D eigenvalue weighted by atomic mass is 10.2. The van der Waals surface area contributed by atoms with Crippen LogP contribution in [0.3, 0.4) is 0 Å². The Balaban J connectivity index is 3.34. The molecule has 0 heterocycles. The minimum absolute atomic E-state index is 0.0654. The Hall–Kier alpha value is -1.18. The smallest absolute Gasteiger partial charge is 0.258 e. The zero-order chi connectivity index (χ0) is 13.9. The molecule has 0 unspecified atom stereocenters. The van der Waals surface area contributed by atoms with E-state index in [9.17, 15) is 18.5 Å². The standard InChI is InChI=1S/C10H13ClN2O4S/c1-8-9(13(14)15)4-3-5-10(8)18(16,17)12(2)7-6-11/h3-5H,6-7H2,1-2H3. The molecule has 0 aliphatic heterocycles. The van der Waals surface area contributed by atoms with Gasteiger partial charge in [0, 0.05) is 31.1 Å². The Bertz CT molecular complexity index is 559. The normalized spacial score (nSPS) is 11.8. The van der Waals surface area contributed by atoms with Gasteiger partial charge in [0.25, 0.3) is 5.69 Å². The Kier molecular flexibility index (Phi) is 4.66. The maximum atomic E-state index is 12.2. The fourth-order valence-corrected chi connectivity index (χ4v) is 3.25.